The van der Waals surface area contributed by atoms with Crippen LogP contribution in [-0.2, 0) is 6.54 Å². The number of aromatic nitrogens is 6. The molecule has 0 spiro atoms. The second-order valence-corrected chi connectivity index (χ2v) is 4.11. The van der Waals surface area contributed by atoms with Gasteiger partial charge in [0.05, 0.1) is 12.9 Å². The van der Waals surface area contributed by atoms with Crippen LogP contribution in [0.25, 0.3) is 11.2 Å². The monoisotopic (exact) mass is 274 g/mol. The van der Waals surface area contributed by atoms with Crippen molar-refractivity contribution in [3.63, 3.8) is 0 Å². The molecule has 0 saturated heterocycles. The lowest BCUT2D eigenvalue weighted by Gasteiger charge is -2.06. The van der Waals surface area contributed by atoms with Crippen LogP contribution in [0.3, 0.4) is 0 Å². The maximum Gasteiger partial charge on any atom is 0.226 e. The summed E-state index contributed by atoms with van der Waals surface area (Å²) in [4.78, 5) is 20.0. The van der Waals surface area contributed by atoms with Gasteiger partial charge in [0.2, 0.25) is 11.8 Å². The average Bonchev–Trinajstić information content (AvgIpc) is 3.05. The normalized spacial score (nSPS) is 10.9. The van der Waals surface area contributed by atoms with Gasteiger partial charge in [-0.1, -0.05) is 5.16 Å². The smallest absolute Gasteiger partial charge is 0.226 e. The molecule has 3 N–H and O–H groups in total. The molecule has 3 aromatic heterocycles. The van der Waals surface area contributed by atoms with Gasteiger partial charge in [-0.15, -0.1) is 0 Å². The first kappa shape index (κ1) is 12.3. The predicted molar refractivity (Wildman–Crippen MR) is 72.2 cm³/mol. The van der Waals surface area contributed by atoms with E-state index in [9.17, 15) is 0 Å². The average molecular weight is 274 g/mol. The minimum atomic E-state index is 0.411. The highest BCUT2D eigenvalue weighted by Gasteiger charge is 2.10. The minimum absolute atomic E-state index is 0.411. The quantitative estimate of drug-likeness (QED) is 0.632. The van der Waals surface area contributed by atoms with Gasteiger partial charge in [-0.3, -0.25) is 0 Å². The molecular formula is C11H14N8O. The molecule has 20 heavy (non-hydrogen) atoms. The van der Waals surface area contributed by atoms with Crippen LogP contribution in [-0.4, -0.2) is 36.6 Å². The summed E-state index contributed by atoms with van der Waals surface area (Å²) in [5.74, 6) is 2.27. The summed E-state index contributed by atoms with van der Waals surface area (Å²) >= 11 is 0. The molecule has 0 aromatic carbocycles. The number of nitrogens with zero attached hydrogens (tertiary/aromatic N) is 5. The number of rotatable bonds is 5. The summed E-state index contributed by atoms with van der Waals surface area (Å²) in [6, 6.07) is 0. The van der Waals surface area contributed by atoms with E-state index in [1.807, 2.05) is 6.92 Å². The van der Waals surface area contributed by atoms with Crippen molar-refractivity contribution >= 4 is 22.9 Å². The van der Waals surface area contributed by atoms with Crippen LogP contribution in [0, 0.1) is 6.92 Å². The first-order chi connectivity index (χ1) is 9.76. The van der Waals surface area contributed by atoms with Crippen molar-refractivity contribution < 1.29 is 4.52 Å². The van der Waals surface area contributed by atoms with Crippen molar-refractivity contribution in [2.45, 2.75) is 20.4 Å². The molecule has 0 radical (unpaired) electrons. The van der Waals surface area contributed by atoms with E-state index >= 15 is 0 Å². The third-order valence-electron chi connectivity index (χ3n) is 2.60. The first-order valence-electron chi connectivity index (χ1n) is 6.24. The van der Waals surface area contributed by atoms with Gasteiger partial charge in [0.15, 0.2) is 17.3 Å². The number of imidazole rings is 1. The van der Waals surface area contributed by atoms with E-state index in [1.165, 1.54) is 0 Å². The molecule has 3 aromatic rings. The Kier molecular flexibility index (Phi) is 3.15. The van der Waals surface area contributed by atoms with Crippen molar-refractivity contribution in [2.24, 2.45) is 0 Å². The zero-order chi connectivity index (χ0) is 13.9. The summed E-state index contributed by atoms with van der Waals surface area (Å²) in [5.41, 5.74) is 1.34. The van der Waals surface area contributed by atoms with Crippen LogP contribution in [0.2, 0.25) is 0 Å². The summed E-state index contributed by atoms with van der Waals surface area (Å²) in [6.07, 6.45) is 1.58. The van der Waals surface area contributed by atoms with Gasteiger partial charge in [-0.2, -0.15) is 15.0 Å². The Morgan fingerprint density at radius 1 is 1.25 bits per heavy atom. The van der Waals surface area contributed by atoms with Crippen LogP contribution in [0.15, 0.2) is 10.9 Å². The molecule has 104 valence electrons. The van der Waals surface area contributed by atoms with Crippen molar-refractivity contribution in [1.82, 2.24) is 30.1 Å². The summed E-state index contributed by atoms with van der Waals surface area (Å²) in [7, 11) is 0. The summed E-state index contributed by atoms with van der Waals surface area (Å²) < 4.78 is 4.92. The number of H-pyrrole nitrogens is 1. The molecule has 0 amide bonds. The Hall–Kier alpha value is -2.71. The van der Waals surface area contributed by atoms with E-state index in [0.717, 1.165) is 12.1 Å². The fourth-order valence-corrected chi connectivity index (χ4v) is 1.77. The first-order valence-corrected chi connectivity index (χ1v) is 6.24. The Morgan fingerprint density at radius 3 is 2.90 bits per heavy atom. The van der Waals surface area contributed by atoms with Gasteiger partial charge >= 0.3 is 0 Å². The molecule has 9 nitrogen and oxygen atoms in total. The third kappa shape index (κ3) is 2.37. The molecule has 3 rings (SSSR count). The highest BCUT2D eigenvalue weighted by Crippen LogP contribution is 2.18. The fourth-order valence-electron chi connectivity index (χ4n) is 1.77. The Labute approximate surface area is 114 Å². The van der Waals surface area contributed by atoms with Crippen LogP contribution < -0.4 is 10.6 Å². The van der Waals surface area contributed by atoms with Gasteiger partial charge in [-0.05, 0) is 6.92 Å². The van der Waals surface area contributed by atoms with Gasteiger partial charge in [-0.25, -0.2) is 4.98 Å². The molecular weight excluding hydrogens is 260 g/mol. The topological polar surface area (TPSA) is 117 Å². The molecule has 0 saturated carbocycles. The number of anilines is 2. The number of hydrogen-bond acceptors (Lipinski definition) is 8. The van der Waals surface area contributed by atoms with Crippen LogP contribution in [0.4, 0.5) is 11.8 Å². The van der Waals surface area contributed by atoms with E-state index in [1.54, 1.807) is 13.3 Å². The van der Waals surface area contributed by atoms with E-state index in [4.69, 9.17) is 4.52 Å². The molecule has 0 aliphatic rings. The van der Waals surface area contributed by atoms with Gasteiger partial charge < -0.3 is 20.1 Å². The minimum Gasteiger partial charge on any atom is -0.361 e. The van der Waals surface area contributed by atoms with Crippen molar-refractivity contribution in [3.8, 4) is 0 Å². The molecule has 0 atom stereocenters. The van der Waals surface area contributed by atoms with Crippen molar-refractivity contribution in [3.05, 3.63) is 18.0 Å². The van der Waals surface area contributed by atoms with Crippen LogP contribution >= 0.6 is 0 Å². The fraction of sp³-hybridized carbons (Fsp3) is 0.364. The maximum atomic E-state index is 4.92. The standard InChI is InChI=1S/C11H14N8O/c1-3-12-11-17-9(8-10(18-11)15-5-14-8)13-4-7-16-6(2)20-19-7/h5H,3-4H2,1-2H3,(H3,12,13,14,15,17,18). The lowest BCUT2D eigenvalue weighted by molar-refractivity contribution is 0.388. The summed E-state index contributed by atoms with van der Waals surface area (Å²) in [6.45, 7) is 4.87. The number of hydrogen-bond donors (Lipinski definition) is 3. The lowest BCUT2D eigenvalue weighted by atomic mass is 10.4. The Bertz CT molecular complexity index is 718. The second-order valence-electron chi connectivity index (χ2n) is 4.11. The number of fused-ring (bicyclic) bond motifs is 1. The molecule has 3 heterocycles. The molecule has 0 fully saturated rings. The second kappa shape index (κ2) is 5.11. The summed E-state index contributed by atoms with van der Waals surface area (Å²) in [5, 5.41) is 10.0. The van der Waals surface area contributed by atoms with Crippen LogP contribution in [0.5, 0.6) is 0 Å². The zero-order valence-corrected chi connectivity index (χ0v) is 11.1. The largest absolute Gasteiger partial charge is 0.361 e. The van der Waals surface area contributed by atoms with E-state index in [2.05, 4.69) is 40.7 Å². The van der Waals surface area contributed by atoms with Gasteiger partial charge in [0.25, 0.3) is 0 Å². The SMILES string of the molecule is CCNc1nc(NCc2noc(C)n2)c2[nH]cnc2n1. The maximum absolute atomic E-state index is 4.92. The van der Waals surface area contributed by atoms with Crippen molar-refractivity contribution in [1.29, 1.82) is 0 Å². The molecule has 0 aliphatic heterocycles. The Balaban J connectivity index is 1.87. The molecule has 0 unspecified atom stereocenters. The Morgan fingerprint density at radius 2 is 2.15 bits per heavy atom. The predicted octanol–water partition coefficient (Wildman–Crippen LogP) is 1.09. The highest BCUT2D eigenvalue weighted by atomic mass is 16.5. The third-order valence-corrected chi connectivity index (χ3v) is 2.60. The van der Waals surface area contributed by atoms with Gasteiger partial charge in [0, 0.05) is 13.5 Å². The number of aryl methyl sites for hydroxylation is 1. The zero-order valence-electron chi connectivity index (χ0n) is 11.1. The molecule has 9 heteroatoms. The van der Waals surface area contributed by atoms with Gasteiger partial charge in [0.1, 0.15) is 5.52 Å². The highest BCUT2D eigenvalue weighted by molar-refractivity contribution is 5.83. The van der Waals surface area contributed by atoms with E-state index < -0.39 is 0 Å². The lowest BCUT2D eigenvalue weighted by Crippen LogP contribution is -2.08. The molecule has 0 aliphatic carbocycles. The van der Waals surface area contributed by atoms with Crippen LogP contribution in [0.1, 0.15) is 18.6 Å². The number of aromatic amines is 1. The van der Waals surface area contributed by atoms with Crippen molar-refractivity contribution in [2.75, 3.05) is 17.2 Å². The number of nitrogens with one attached hydrogen (secondary N) is 3. The van der Waals surface area contributed by atoms with E-state index in [-0.39, 0.29) is 0 Å². The van der Waals surface area contributed by atoms with E-state index in [0.29, 0.717) is 35.7 Å². The molecule has 0 bridgehead atoms.